The van der Waals surface area contributed by atoms with Crippen LogP contribution in [0.3, 0.4) is 0 Å². The molecular formula is C38H36F3N5O6S. The van der Waals surface area contributed by atoms with Gasteiger partial charge in [0.2, 0.25) is 15.9 Å². The molecule has 15 heteroatoms. The van der Waals surface area contributed by atoms with Gasteiger partial charge in [0.15, 0.2) is 0 Å². The van der Waals surface area contributed by atoms with Gasteiger partial charge in [0, 0.05) is 26.1 Å². The molecule has 0 radical (unpaired) electrons. The van der Waals surface area contributed by atoms with Crippen LogP contribution in [0.4, 0.5) is 30.2 Å². The fourth-order valence-electron chi connectivity index (χ4n) is 6.22. The second-order valence-corrected chi connectivity index (χ2v) is 14.2. The fourth-order valence-corrected chi connectivity index (χ4v) is 7.22. The van der Waals surface area contributed by atoms with E-state index in [1.807, 2.05) is 18.2 Å². The molecule has 0 spiro atoms. The van der Waals surface area contributed by atoms with Gasteiger partial charge in [-0.25, -0.2) is 12.7 Å². The molecule has 0 aromatic heterocycles. The van der Waals surface area contributed by atoms with Gasteiger partial charge >= 0.3 is 6.18 Å². The Kier molecular flexibility index (Phi) is 12.2. The Hall–Kier alpha value is -5.72. The second kappa shape index (κ2) is 16.7. The summed E-state index contributed by atoms with van der Waals surface area (Å²) >= 11 is 0. The number of amides is 2. The number of nitriles is 1. The molecule has 1 heterocycles. The SMILES string of the molecule is CS(=O)(=O)N(c1cccc(C#N)c1)c1cccc(C(=O)N[C@@H](Cc2ccccc2)[C@@H](CNCc2cccc(C(F)(F)F)c2)OC=O)c1N1CCCC1=O. The first-order chi connectivity index (χ1) is 25.3. The monoisotopic (exact) mass is 747 g/mol. The van der Waals surface area contributed by atoms with E-state index in [1.54, 1.807) is 18.2 Å². The number of alkyl halides is 3. The van der Waals surface area contributed by atoms with E-state index in [9.17, 15) is 41.2 Å². The van der Waals surface area contributed by atoms with Crippen molar-refractivity contribution in [2.45, 2.75) is 44.1 Å². The standard InChI is InChI=1S/C38H36F3N5O6S/c1-53(50,51)46(30-14-6-11-27(20-30)22-42)33-16-7-15-31(36(33)45-18-8-17-35(45)48)37(49)44-32(21-26-9-3-2-4-10-26)34(52-25-47)24-43-23-28-12-5-13-29(19-28)38(39,40)41/h2-7,9-16,19-20,25,32,34,43H,8,17-18,21,23-24H2,1H3,(H,44,49)/t32-,34+/m0/s1. The van der Waals surface area contributed by atoms with Crippen LogP contribution in [0.15, 0.2) is 97.1 Å². The van der Waals surface area contributed by atoms with Crippen LogP contribution in [0.2, 0.25) is 0 Å². The highest BCUT2D eigenvalue weighted by molar-refractivity contribution is 7.92. The number of rotatable bonds is 15. The van der Waals surface area contributed by atoms with Crippen molar-refractivity contribution in [1.82, 2.24) is 10.6 Å². The number of nitrogens with zero attached hydrogens (tertiary/aromatic N) is 3. The molecule has 2 atom stereocenters. The lowest BCUT2D eigenvalue weighted by atomic mass is 9.99. The van der Waals surface area contributed by atoms with Gasteiger partial charge in [-0.1, -0.05) is 60.7 Å². The molecule has 4 aromatic carbocycles. The number of halogens is 3. The summed E-state index contributed by atoms with van der Waals surface area (Å²) in [5.41, 5.74) is 0.597. The minimum absolute atomic E-state index is 0.00770. The summed E-state index contributed by atoms with van der Waals surface area (Å²) < 4.78 is 73.1. The number of sulfonamides is 1. The van der Waals surface area contributed by atoms with Crippen molar-refractivity contribution >= 4 is 45.4 Å². The Bertz CT molecular complexity index is 2110. The van der Waals surface area contributed by atoms with Gasteiger partial charge in [-0.15, -0.1) is 0 Å². The smallest absolute Gasteiger partial charge is 0.416 e. The van der Waals surface area contributed by atoms with Crippen molar-refractivity contribution in [3.05, 3.63) is 125 Å². The lowest BCUT2D eigenvalue weighted by Gasteiger charge is -2.31. The quantitative estimate of drug-likeness (QED) is 0.152. The molecule has 276 valence electrons. The van der Waals surface area contributed by atoms with Gasteiger partial charge in [-0.3, -0.25) is 14.4 Å². The molecule has 2 N–H and O–H groups in total. The first-order valence-electron chi connectivity index (χ1n) is 16.5. The predicted octanol–water partition coefficient (Wildman–Crippen LogP) is 5.47. The minimum Gasteiger partial charge on any atom is -0.461 e. The van der Waals surface area contributed by atoms with Gasteiger partial charge < -0.3 is 20.3 Å². The molecule has 1 saturated heterocycles. The molecule has 0 unspecified atom stereocenters. The van der Waals surface area contributed by atoms with Gasteiger partial charge in [-0.2, -0.15) is 18.4 Å². The molecule has 1 fully saturated rings. The molecule has 0 bridgehead atoms. The van der Waals surface area contributed by atoms with Crippen LogP contribution in [-0.4, -0.2) is 58.2 Å². The number of carbonyl (C=O) groups is 3. The zero-order valence-electron chi connectivity index (χ0n) is 28.5. The largest absolute Gasteiger partial charge is 0.461 e. The van der Waals surface area contributed by atoms with E-state index in [4.69, 9.17) is 4.74 Å². The number of nitrogens with one attached hydrogen (secondary N) is 2. The van der Waals surface area contributed by atoms with Crippen LogP contribution < -0.4 is 19.8 Å². The number of benzene rings is 4. The Balaban J connectivity index is 1.52. The zero-order valence-corrected chi connectivity index (χ0v) is 29.4. The van der Waals surface area contributed by atoms with Gasteiger partial charge in [0.25, 0.3) is 12.4 Å². The minimum atomic E-state index is -4.53. The van der Waals surface area contributed by atoms with Crippen LogP contribution in [0, 0.1) is 11.3 Å². The first kappa shape index (κ1) is 38.5. The van der Waals surface area contributed by atoms with Gasteiger partial charge in [0.05, 0.1) is 52.1 Å². The summed E-state index contributed by atoms with van der Waals surface area (Å²) in [5.74, 6) is -1.04. The highest BCUT2D eigenvalue weighted by Gasteiger charge is 2.35. The van der Waals surface area contributed by atoms with Crippen LogP contribution in [0.5, 0.6) is 0 Å². The number of para-hydroxylation sites is 1. The molecule has 2 amide bonds. The average Bonchev–Trinajstić information content (AvgIpc) is 3.55. The summed E-state index contributed by atoms with van der Waals surface area (Å²) in [6.45, 7) is 0.346. The maximum absolute atomic E-state index is 14.4. The molecule has 1 aliphatic rings. The van der Waals surface area contributed by atoms with E-state index >= 15 is 0 Å². The van der Waals surface area contributed by atoms with Crippen LogP contribution in [0.1, 0.15) is 45.5 Å². The number of hydrogen-bond acceptors (Lipinski definition) is 8. The summed E-state index contributed by atoms with van der Waals surface area (Å²) in [7, 11) is -4.11. The molecule has 0 aliphatic carbocycles. The van der Waals surface area contributed by atoms with E-state index in [0.29, 0.717) is 12.0 Å². The molecular weight excluding hydrogens is 712 g/mol. The van der Waals surface area contributed by atoms with Crippen molar-refractivity contribution in [3.8, 4) is 6.07 Å². The molecule has 5 rings (SSSR count). The number of ether oxygens (including phenoxy) is 1. The second-order valence-electron chi connectivity index (χ2n) is 12.4. The van der Waals surface area contributed by atoms with Crippen molar-refractivity contribution in [2.24, 2.45) is 0 Å². The van der Waals surface area contributed by atoms with Crippen molar-refractivity contribution in [2.75, 3.05) is 28.6 Å². The fraction of sp³-hybridized carbons (Fsp3) is 0.263. The Morgan fingerprint density at radius 2 is 1.74 bits per heavy atom. The molecule has 0 saturated carbocycles. The molecule has 11 nitrogen and oxygen atoms in total. The third kappa shape index (κ3) is 9.59. The lowest BCUT2D eigenvalue weighted by molar-refractivity contribution is -0.137. The third-order valence-electron chi connectivity index (χ3n) is 8.59. The number of anilines is 3. The van der Waals surface area contributed by atoms with E-state index in [-0.39, 0.29) is 73.0 Å². The van der Waals surface area contributed by atoms with E-state index < -0.39 is 39.8 Å². The number of hydrogen-bond donors (Lipinski definition) is 2. The van der Waals surface area contributed by atoms with Crippen molar-refractivity contribution < 1.29 is 40.7 Å². The van der Waals surface area contributed by atoms with Crippen LogP contribution in [0.25, 0.3) is 0 Å². The Morgan fingerprint density at radius 1 is 1.02 bits per heavy atom. The van der Waals surface area contributed by atoms with E-state index in [0.717, 1.165) is 28.3 Å². The van der Waals surface area contributed by atoms with E-state index in [2.05, 4.69) is 10.6 Å². The Morgan fingerprint density at radius 3 is 2.40 bits per heavy atom. The predicted molar refractivity (Wildman–Crippen MR) is 192 cm³/mol. The van der Waals surface area contributed by atoms with Gasteiger partial charge in [-0.05, 0) is 60.4 Å². The average molecular weight is 748 g/mol. The zero-order chi connectivity index (χ0) is 38.2. The maximum atomic E-state index is 14.4. The molecule has 1 aliphatic heterocycles. The van der Waals surface area contributed by atoms with Crippen LogP contribution >= 0.6 is 0 Å². The first-order valence-corrected chi connectivity index (χ1v) is 18.4. The third-order valence-corrected chi connectivity index (χ3v) is 9.66. The normalized spacial score (nSPS) is 14.2. The number of carbonyl (C=O) groups excluding carboxylic acids is 3. The summed E-state index contributed by atoms with van der Waals surface area (Å²) in [5, 5.41) is 15.5. The van der Waals surface area contributed by atoms with Crippen LogP contribution in [-0.2, 0) is 43.5 Å². The summed E-state index contributed by atoms with van der Waals surface area (Å²) in [6.07, 6.45) is -3.80. The summed E-state index contributed by atoms with van der Waals surface area (Å²) in [4.78, 5) is 40.7. The maximum Gasteiger partial charge on any atom is 0.416 e. The topological polar surface area (TPSA) is 149 Å². The summed E-state index contributed by atoms with van der Waals surface area (Å²) in [6, 6.07) is 25.2. The van der Waals surface area contributed by atoms with Crippen molar-refractivity contribution in [1.29, 1.82) is 5.26 Å². The highest BCUT2D eigenvalue weighted by atomic mass is 32.2. The highest BCUT2D eigenvalue weighted by Crippen LogP contribution is 2.41. The molecule has 4 aromatic rings. The van der Waals surface area contributed by atoms with E-state index in [1.165, 1.54) is 59.5 Å². The van der Waals surface area contributed by atoms with Gasteiger partial charge in [0.1, 0.15) is 6.10 Å². The Labute approximate surface area is 305 Å². The van der Waals surface area contributed by atoms with Crippen molar-refractivity contribution in [3.63, 3.8) is 0 Å². The molecule has 53 heavy (non-hydrogen) atoms. The lowest BCUT2D eigenvalue weighted by Crippen LogP contribution is -2.50.